The van der Waals surface area contributed by atoms with E-state index in [2.05, 4.69) is 31.5 Å². The molecule has 3 aromatic heterocycles. The summed E-state index contributed by atoms with van der Waals surface area (Å²) in [6, 6.07) is 2.09. The molecular formula is C12H13ClN4S. The second-order valence-corrected chi connectivity index (χ2v) is 5.32. The van der Waals surface area contributed by atoms with Gasteiger partial charge in [-0.1, -0.05) is 0 Å². The molecule has 0 radical (unpaired) electrons. The third kappa shape index (κ3) is 1.66. The van der Waals surface area contributed by atoms with Gasteiger partial charge in [-0.3, -0.25) is 4.57 Å². The number of fused-ring (bicyclic) bond motifs is 1. The number of hydrogen-bond donors (Lipinski definition) is 0. The van der Waals surface area contributed by atoms with Gasteiger partial charge < -0.3 is 0 Å². The summed E-state index contributed by atoms with van der Waals surface area (Å²) >= 11 is 7.54. The van der Waals surface area contributed by atoms with Gasteiger partial charge in [-0.25, -0.2) is 9.67 Å². The predicted octanol–water partition coefficient (Wildman–Crippen LogP) is 2.91. The second kappa shape index (κ2) is 4.40. The standard InChI is InChI=1S/C12H13ClN4S/c1-8-11-12(16(2)15-8)17(9-4-6-18-7-9)10(14-11)3-5-13/h4,6-7H,3,5H2,1-2H3. The smallest absolute Gasteiger partial charge is 0.163 e. The summed E-state index contributed by atoms with van der Waals surface area (Å²) in [5.41, 5.74) is 4.08. The molecule has 0 aromatic carbocycles. The lowest BCUT2D eigenvalue weighted by Gasteiger charge is -2.06. The first-order valence-electron chi connectivity index (χ1n) is 5.72. The fourth-order valence-electron chi connectivity index (χ4n) is 2.23. The van der Waals surface area contributed by atoms with Crippen molar-refractivity contribution in [1.82, 2.24) is 19.3 Å². The molecule has 0 aliphatic rings. The first kappa shape index (κ1) is 11.7. The number of halogens is 1. The Morgan fingerprint density at radius 2 is 2.28 bits per heavy atom. The molecule has 0 atom stereocenters. The van der Waals surface area contributed by atoms with E-state index in [4.69, 9.17) is 11.6 Å². The average Bonchev–Trinajstić information content (AvgIpc) is 2.99. The van der Waals surface area contributed by atoms with E-state index in [9.17, 15) is 0 Å². The van der Waals surface area contributed by atoms with Crippen LogP contribution in [0.25, 0.3) is 16.9 Å². The Bertz CT molecular complexity index is 681. The van der Waals surface area contributed by atoms with Crippen molar-refractivity contribution in [3.05, 3.63) is 28.3 Å². The quantitative estimate of drug-likeness (QED) is 0.692. The highest BCUT2D eigenvalue weighted by Crippen LogP contribution is 2.25. The maximum atomic E-state index is 5.87. The molecule has 6 heteroatoms. The molecule has 0 spiro atoms. The third-order valence-corrected chi connectivity index (χ3v) is 3.81. The molecule has 4 nitrogen and oxygen atoms in total. The van der Waals surface area contributed by atoms with Gasteiger partial charge in [0.05, 0.1) is 11.4 Å². The maximum absolute atomic E-state index is 5.87. The van der Waals surface area contributed by atoms with Crippen molar-refractivity contribution in [2.24, 2.45) is 7.05 Å². The van der Waals surface area contributed by atoms with Crippen molar-refractivity contribution < 1.29 is 0 Å². The second-order valence-electron chi connectivity index (χ2n) is 4.17. The molecule has 0 fully saturated rings. The van der Waals surface area contributed by atoms with Crippen LogP contribution >= 0.6 is 22.9 Å². The normalized spacial score (nSPS) is 11.5. The van der Waals surface area contributed by atoms with Gasteiger partial charge in [0.15, 0.2) is 5.65 Å². The van der Waals surface area contributed by atoms with E-state index in [0.29, 0.717) is 5.88 Å². The van der Waals surface area contributed by atoms with E-state index < -0.39 is 0 Å². The molecule has 3 heterocycles. The number of rotatable bonds is 3. The largest absolute Gasteiger partial charge is 0.280 e. The summed E-state index contributed by atoms with van der Waals surface area (Å²) < 4.78 is 4.03. The highest BCUT2D eigenvalue weighted by Gasteiger charge is 2.18. The van der Waals surface area contributed by atoms with Crippen LogP contribution in [0.4, 0.5) is 0 Å². The van der Waals surface area contributed by atoms with Crippen LogP contribution < -0.4 is 0 Å². The van der Waals surface area contributed by atoms with Crippen molar-refractivity contribution >= 4 is 34.1 Å². The molecule has 0 saturated carbocycles. The van der Waals surface area contributed by atoms with Crippen LogP contribution in [-0.2, 0) is 13.5 Å². The van der Waals surface area contributed by atoms with Gasteiger partial charge in [-0.15, -0.1) is 11.6 Å². The van der Waals surface area contributed by atoms with E-state index in [1.165, 1.54) is 0 Å². The fourth-order valence-corrected chi connectivity index (χ4v) is 3.01. The minimum absolute atomic E-state index is 0.569. The zero-order valence-electron chi connectivity index (χ0n) is 10.2. The van der Waals surface area contributed by atoms with E-state index in [1.807, 2.05) is 18.7 Å². The monoisotopic (exact) mass is 280 g/mol. The van der Waals surface area contributed by atoms with Crippen molar-refractivity contribution in [1.29, 1.82) is 0 Å². The number of thiophene rings is 1. The van der Waals surface area contributed by atoms with Gasteiger partial charge in [0.1, 0.15) is 11.3 Å². The topological polar surface area (TPSA) is 35.6 Å². The molecule has 18 heavy (non-hydrogen) atoms. The van der Waals surface area contributed by atoms with Crippen LogP contribution in [0, 0.1) is 6.92 Å². The Morgan fingerprint density at radius 1 is 1.44 bits per heavy atom. The van der Waals surface area contributed by atoms with Crippen molar-refractivity contribution in [2.45, 2.75) is 13.3 Å². The Kier molecular flexibility index (Phi) is 2.87. The van der Waals surface area contributed by atoms with Crippen LogP contribution in [0.2, 0.25) is 0 Å². The minimum Gasteiger partial charge on any atom is -0.280 e. The summed E-state index contributed by atoms with van der Waals surface area (Å²) in [4.78, 5) is 4.68. The van der Waals surface area contributed by atoms with E-state index in [-0.39, 0.29) is 0 Å². The molecule has 0 unspecified atom stereocenters. The molecular weight excluding hydrogens is 268 g/mol. The molecule has 0 aliphatic carbocycles. The zero-order chi connectivity index (χ0) is 12.7. The Morgan fingerprint density at radius 3 is 2.94 bits per heavy atom. The predicted molar refractivity (Wildman–Crippen MR) is 74.9 cm³/mol. The Balaban J connectivity index is 2.34. The van der Waals surface area contributed by atoms with Crippen LogP contribution in [0.1, 0.15) is 11.5 Å². The summed E-state index contributed by atoms with van der Waals surface area (Å²) in [5, 5.41) is 8.60. The average molecular weight is 281 g/mol. The summed E-state index contributed by atoms with van der Waals surface area (Å²) in [6.07, 6.45) is 0.755. The number of imidazole rings is 1. The van der Waals surface area contributed by atoms with Crippen LogP contribution in [0.5, 0.6) is 0 Å². The first-order valence-corrected chi connectivity index (χ1v) is 7.19. The molecule has 3 aromatic rings. The van der Waals surface area contributed by atoms with E-state index in [1.54, 1.807) is 11.3 Å². The number of aromatic nitrogens is 4. The number of hydrogen-bond acceptors (Lipinski definition) is 3. The number of aryl methyl sites for hydroxylation is 3. The molecule has 0 amide bonds. The number of alkyl halides is 1. The summed E-state index contributed by atoms with van der Waals surface area (Å²) in [6.45, 7) is 1.98. The van der Waals surface area contributed by atoms with E-state index >= 15 is 0 Å². The Hall–Kier alpha value is -1.33. The lowest BCUT2D eigenvalue weighted by molar-refractivity contribution is 0.751. The molecule has 0 aliphatic heterocycles. The van der Waals surface area contributed by atoms with Crippen LogP contribution in [0.3, 0.4) is 0 Å². The number of nitrogens with zero attached hydrogens (tertiary/aromatic N) is 4. The fraction of sp³-hybridized carbons (Fsp3) is 0.333. The molecule has 0 N–H and O–H groups in total. The Labute approximate surface area is 114 Å². The highest BCUT2D eigenvalue weighted by atomic mass is 35.5. The minimum atomic E-state index is 0.569. The molecule has 0 bridgehead atoms. The molecule has 0 saturated heterocycles. The van der Waals surface area contributed by atoms with Gasteiger partial charge in [0.25, 0.3) is 0 Å². The van der Waals surface area contributed by atoms with Crippen molar-refractivity contribution in [3.63, 3.8) is 0 Å². The molecule has 3 rings (SSSR count). The van der Waals surface area contributed by atoms with Crippen LogP contribution in [0.15, 0.2) is 16.8 Å². The van der Waals surface area contributed by atoms with Gasteiger partial charge in [0, 0.05) is 24.7 Å². The van der Waals surface area contributed by atoms with Crippen molar-refractivity contribution in [3.8, 4) is 5.69 Å². The zero-order valence-corrected chi connectivity index (χ0v) is 11.8. The lowest BCUT2D eigenvalue weighted by atomic mass is 10.4. The summed E-state index contributed by atoms with van der Waals surface area (Å²) in [5.74, 6) is 1.56. The SMILES string of the molecule is Cc1nn(C)c2c1nc(CCCl)n2-c1ccsc1. The van der Waals surface area contributed by atoms with Gasteiger partial charge in [-0.05, 0) is 18.4 Å². The van der Waals surface area contributed by atoms with Crippen molar-refractivity contribution in [2.75, 3.05) is 5.88 Å². The van der Waals surface area contributed by atoms with E-state index in [0.717, 1.165) is 34.8 Å². The maximum Gasteiger partial charge on any atom is 0.163 e. The highest BCUT2D eigenvalue weighted by molar-refractivity contribution is 7.08. The summed E-state index contributed by atoms with van der Waals surface area (Å²) in [7, 11) is 1.95. The lowest BCUT2D eigenvalue weighted by Crippen LogP contribution is -2.05. The van der Waals surface area contributed by atoms with Gasteiger partial charge >= 0.3 is 0 Å². The molecule has 94 valence electrons. The third-order valence-electron chi connectivity index (χ3n) is 2.95. The van der Waals surface area contributed by atoms with Gasteiger partial charge in [0.2, 0.25) is 0 Å². The van der Waals surface area contributed by atoms with Gasteiger partial charge in [-0.2, -0.15) is 16.4 Å². The first-order chi connectivity index (χ1) is 8.72. The van der Waals surface area contributed by atoms with Crippen LogP contribution in [-0.4, -0.2) is 25.2 Å².